The first-order valence-electron chi connectivity index (χ1n) is 10.6. The Balaban J connectivity index is 1.92. The molecule has 0 aliphatic heterocycles. The summed E-state index contributed by atoms with van der Waals surface area (Å²) in [5.74, 6) is -0.475. The molecule has 5 heteroatoms. The highest BCUT2D eigenvalue weighted by atomic mass is 16.4. The molecular weight excluding hydrogens is 376 g/mol. The topological polar surface area (TPSA) is 75.1 Å². The average Bonchev–Trinajstić information content (AvgIpc) is 3.00. The number of imidazole rings is 1. The second-order valence-electron chi connectivity index (χ2n) is 8.18. The van der Waals surface area contributed by atoms with Crippen molar-refractivity contribution in [2.75, 3.05) is 0 Å². The number of aromatic carboxylic acids is 1. The predicted octanol–water partition coefficient (Wildman–Crippen LogP) is 5.13. The van der Waals surface area contributed by atoms with E-state index in [0.717, 1.165) is 48.3 Å². The van der Waals surface area contributed by atoms with Crippen LogP contribution in [-0.2, 0) is 19.4 Å². The molecule has 0 radical (unpaired) electrons. The lowest BCUT2D eigenvalue weighted by atomic mass is 9.97. The van der Waals surface area contributed by atoms with Crippen LogP contribution >= 0.6 is 0 Å². The third-order valence-electron chi connectivity index (χ3n) is 5.32. The number of rotatable bonds is 9. The number of benzene rings is 2. The first-order valence-corrected chi connectivity index (χ1v) is 10.6. The van der Waals surface area contributed by atoms with Crippen LogP contribution in [0, 0.1) is 5.92 Å². The van der Waals surface area contributed by atoms with Gasteiger partial charge in [0.1, 0.15) is 0 Å². The summed E-state index contributed by atoms with van der Waals surface area (Å²) in [6.45, 7) is 7.16. The molecule has 0 aliphatic rings. The van der Waals surface area contributed by atoms with Crippen molar-refractivity contribution in [3.8, 4) is 11.1 Å². The van der Waals surface area contributed by atoms with Crippen molar-refractivity contribution in [1.82, 2.24) is 9.55 Å². The van der Waals surface area contributed by atoms with Crippen molar-refractivity contribution in [3.05, 3.63) is 81.5 Å². The molecule has 158 valence electrons. The minimum absolute atomic E-state index is 0.0268. The summed E-state index contributed by atoms with van der Waals surface area (Å²) in [5, 5.41) is 9.45. The van der Waals surface area contributed by atoms with Crippen LogP contribution in [0.1, 0.15) is 60.9 Å². The highest BCUT2D eigenvalue weighted by molar-refractivity contribution is 5.95. The van der Waals surface area contributed by atoms with Crippen LogP contribution < -0.4 is 5.69 Å². The SMILES string of the molecule is CCCCn1c(Cc2ccc(-c3ccccc3C(=O)O)cc2)c(CC(C)C)[nH]c1=O. The lowest BCUT2D eigenvalue weighted by molar-refractivity contribution is 0.0697. The quantitative estimate of drug-likeness (QED) is 0.517. The van der Waals surface area contributed by atoms with Gasteiger partial charge in [-0.15, -0.1) is 0 Å². The van der Waals surface area contributed by atoms with Crippen molar-refractivity contribution >= 4 is 5.97 Å². The van der Waals surface area contributed by atoms with E-state index in [2.05, 4.69) is 25.8 Å². The van der Waals surface area contributed by atoms with Crippen LogP contribution in [-0.4, -0.2) is 20.6 Å². The van der Waals surface area contributed by atoms with Gasteiger partial charge < -0.3 is 10.1 Å². The number of nitrogens with zero attached hydrogens (tertiary/aromatic N) is 1. The average molecular weight is 407 g/mol. The summed E-state index contributed by atoms with van der Waals surface area (Å²) in [6, 6.07) is 15.0. The van der Waals surface area contributed by atoms with E-state index in [9.17, 15) is 14.7 Å². The van der Waals surface area contributed by atoms with E-state index >= 15 is 0 Å². The van der Waals surface area contributed by atoms with E-state index in [4.69, 9.17) is 0 Å². The van der Waals surface area contributed by atoms with Crippen LogP contribution in [0.4, 0.5) is 0 Å². The zero-order valence-electron chi connectivity index (χ0n) is 17.9. The molecule has 0 spiro atoms. The van der Waals surface area contributed by atoms with Gasteiger partial charge in [0.05, 0.1) is 5.56 Å². The molecule has 0 unspecified atom stereocenters. The summed E-state index contributed by atoms with van der Waals surface area (Å²) in [7, 11) is 0. The molecule has 3 rings (SSSR count). The smallest absolute Gasteiger partial charge is 0.336 e. The predicted molar refractivity (Wildman–Crippen MR) is 120 cm³/mol. The molecule has 0 atom stereocenters. The molecule has 0 aliphatic carbocycles. The van der Waals surface area contributed by atoms with Crippen molar-refractivity contribution in [1.29, 1.82) is 0 Å². The maximum absolute atomic E-state index is 12.5. The maximum Gasteiger partial charge on any atom is 0.336 e. The van der Waals surface area contributed by atoms with Gasteiger partial charge in [-0.25, -0.2) is 9.59 Å². The van der Waals surface area contributed by atoms with E-state index in [1.807, 2.05) is 41.0 Å². The number of aromatic amines is 1. The van der Waals surface area contributed by atoms with Crippen molar-refractivity contribution in [2.24, 2.45) is 5.92 Å². The van der Waals surface area contributed by atoms with Crippen molar-refractivity contribution in [3.63, 3.8) is 0 Å². The standard InChI is InChI=1S/C25H30N2O3/c1-4-5-14-27-23(22(15-17(2)3)26-25(27)30)16-18-10-12-19(13-11-18)20-8-6-7-9-21(20)24(28)29/h6-13,17H,4-5,14-16H2,1-3H3,(H,26,30)(H,28,29). The highest BCUT2D eigenvalue weighted by Gasteiger charge is 2.16. The van der Waals surface area contributed by atoms with Gasteiger partial charge >= 0.3 is 11.7 Å². The van der Waals surface area contributed by atoms with Crippen molar-refractivity contribution in [2.45, 2.75) is 53.0 Å². The maximum atomic E-state index is 12.5. The van der Waals surface area contributed by atoms with Gasteiger partial charge in [-0.05, 0) is 41.5 Å². The number of carboxylic acid groups (broad SMARTS) is 1. The van der Waals surface area contributed by atoms with Gasteiger partial charge in [-0.2, -0.15) is 0 Å². The van der Waals surface area contributed by atoms with Gasteiger partial charge in [0.15, 0.2) is 0 Å². The molecule has 5 nitrogen and oxygen atoms in total. The molecule has 1 heterocycles. The summed E-state index contributed by atoms with van der Waals surface area (Å²) >= 11 is 0. The van der Waals surface area contributed by atoms with Crippen molar-refractivity contribution < 1.29 is 9.90 Å². The van der Waals surface area contributed by atoms with Crippen LogP contribution in [0.25, 0.3) is 11.1 Å². The van der Waals surface area contributed by atoms with Crippen LogP contribution in [0.2, 0.25) is 0 Å². The van der Waals surface area contributed by atoms with Gasteiger partial charge in [0.2, 0.25) is 0 Å². The molecular formula is C25H30N2O3. The lowest BCUT2D eigenvalue weighted by Crippen LogP contribution is -2.19. The van der Waals surface area contributed by atoms with E-state index in [1.165, 1.54) is 0 Å². The molecule has 0 bridgehead atoms. The van der Waals surface area contributed by atoms with E-state index in [1.54, 1.807) is 12.1 Å². The van der Waals surface area contributed by atoms with Crippen LogP contribution in [0.3, 0.4) is 0 Å². The number of carboxylic acids is 1. The van der Waals surface area contributed by atoms with Crippen LogP contribution in [0.5, 0.6) is 0 Å². The van der Waals surface area contributed by atoms with Gasteiger partial charge in [-0.3, -0.25) is 4.57 Å². The fourth-order valence-electron chi connectivity index (χ4n) is 3.80. The number of nitrogens with one attached hydrogen (secondary N) is 1. The second-order valence-corrected chi connectivity index (χ2v) is 8.18. The first kappa shape index (κ1) is 21.6. The third-order valence-corrected chi connectivity index (χ3v) is 5.32. The highest BCUT2D eigenvalue weighted by Crippen LogP contribution is 2.25. The molecule has 0 saturated heterocycles. The zero-order chi connectivity index (χ0) is 21.7. The second kappa shape index (κ2) is 9.61. The zero-order valence-corrected chi connectivity index (χ0v) is 17.9. The monoisotopic (exact) mass is 406 g/mol. The minimum atomic E-state index is -0.930. The first-order chi connectivity index (χ1) is 14.4. The summed E-state index contributed by atoms with van der Waals surface area (Å²) in [5.41, 5.74) is 5.02. The summed E-state index contributed by atoms with van der Waals surface area (Å²) in [4.78, 5) is 27.1. The van der Waals surface area contributed by atoms with Crippen LogP contribution in [0.15, 0.2) is 53.3 Å². The Morgan fingerprint density at radius 2 is 1.80 bits per heavy atom. The number of aromatic nitrogens is 2. The third kappa shape index (κ3) is 4.90. The number of unbranched alkanes of at least 4 members (excludes halogenated alkanes) is 1. The molecule has 2 N–H and O–H groups in total. The molecule has 0 amide bonds. The molecule has 2 aromatic carbocycles. The molecule has 30 heavy (non-hydrogen) atoms. The summed E-state index contributed by atoms with van der Waals surface area (Å²) < 4.78 is 1.88. The molecule has 0 saturated carbocycles. The summed E-state index contributed by atoms with van der Waals surface area (Å²) in [6.07, 6.45) is 3.52. The van der Waals surface area contributed by atoms with Gasteiger partial charge in [0, 0.05) is 24.4 Å². The number of carbonyl (C=O) groups is 1. The fourth-order valence-corrected chi connectivity index (χ4v) is 3.80. The Morgan fingerprint density at radius 3 is 2.43 bits per heavy atom. The van der Waals surface area contributed by atoms with Gasteiger partial charge in [0.25, 0.3) is 0 Å². The van der Waals surface area contributed by atoms with E-state index in [0.29, 0.717) is 23.5 Å². The Morgan fingerprint density at radius 1 is 1.10 bits per heavy atom. The fraction of sp³-hybridized carbons (Fsp3) is 0.360. The number of hydrogen-bond acceptors (Lipinski definition) is 2. The van der Waals surface area contributed by atoms with E-state index in [-0.39, 0.29) is 5.69 Å². The Bertz CT molecular complexity index is 1060. The molecule has 3 aromatic rings. The minimum Gasteiger partial charge on any atom is -0.478 e. The number of hydrogen-bond donors (Lipinski definition) is 2. The molecule has 1 aromatic heterocycles. The van der Waals surface area contributed by atoms with E-state index < -0.39 is 5.97 Å². The van der Waals surface area contributed by atoms with Gasteiger partial charge in [-0.1, -0.05) is 69.7 Å². The molecule has 0 fully saturated rings. The largest absolute Gasteiger partial charge is 0.478 e. The normalized spacial score (nSPS) is 11.2. The Kier molecular flexibility index (Phi) is 6.93. The Labute approximate surface area is 177 Å². The Hall–Kier alpha value is -3.08. The number of H-pyrrole nitrogens is 1. The lowest BCUT2D eigenvalue weighted by Gasteiger charge is -2.12.